The molecule has 2 rings (SSSR count). The molecular formula is C18H23F3N4O4. The van der Waals surface area contributed by atoms with Crippen molar-refractivity contribution in [2.45, 2.75) is 26.1 Å². The Bertz CT molecular complexity index is 783. The molecule has 160 valence electrons. The maximum Gasteiger partial charge on any atom is 0.418 e. The third kappa shape index (κ3) is 5.91. The van der Waals surface area contributed by atoms with Gasteiger partial charge in [0, 0.05) is 12.2 Å². The van der Waals surface area contributed by atoms with Gasteiger partial charge in [0.1, 0.15) is 6.61 Å². The molecule has 8 nitrogen and oxygen atoms in total. The fraction of sp³-hybridized carbons (Fsp3) is 0.500. The van der Waals surface area contributed by atoms with Gasteiger partial charge in [0.2, 0.25) is 5.91 Å². The fourth-order valence-corrected chi connectivity index (χ4v) is 2.72. The van der Waals surface area contributed by atoms with Crippen molar-refractivity contribution < 1.29 is 32.3 Å². The van der Waals surface area contributed by atoms with Gasteiger partial charge in [-0.2, -0.15) is 13.2 Å². The van der Waals surface area contributed by atoms with Crippen molar-refractivity contribution in [2.75, 3.05) is 36.5 Å². The number of nitrogens with one attached hydrogen (secondary N) is 2. The third-order valence-electron chi connectivity index (χ3n) is 4.14. The van der Waals surface area contributed by atoms with Crippen LogP contribution in [0.4, 0.5) is 24.5 Å². The van der Waals surface area contributed by atoms with Crippen LogP contribution in [0.3, 0.4) is 0 Å². The smallest absolute Gasteiger partial charge is 0.370 e. The van der Waals surface area contributed by atoms with E-state index in [9.17, 15) is 27.6 Å². The lowest BCUT2D eigenvalue weighted by Gasteiger charge is -2.28. The van der Waals surface area contributed by atoms with Gasteiger partial charge >= 0.3 is 6.18 Å². The minimum absolute atomic E-state index is 0.0352. The Morgan fingerprint density at radius 3 is 2.55 bits per heavy atom. The second kappa shape index (κ2) is 9.23. The highest BCUT2D eigenvalue weighted by molar-refractivity contribution is 6.10. The van der Waals surface area contributed by atoms with E-state index in [1.807, 2.05) is 13.8 Å². The molecule has 29 heavy (non-hydrogen) atoms. The number of ether oxygens (including phenoxy) is 1. The van der Waals surface area contributed by atoms with E-state index in [1.54, 1.807) is 0 Å². The van der Waals surface area contributed by atoms with Crippen LogP contribution in [0.5, 0.6) is 0 Å². The summed E-state index contributed by atoms with van der Waals surface area (Å²) in [6.07, 6.45) is -4.80. The Balaban J connectivity index is 2.30. The van der Waals surface area contributed by atoms with Gasteiger partial charge in [-0.05, 0) is 30.7 Å². The predicted octanol–water partition coefficient (Wildman–Crippen LogP) is 1.11. The number of hydrogen-bond acceptors (Lipinski definition) is 5. The summed E-state index contributed by atoms with van der Waals surface area (Å²) in [5, 5.41) is 4.74. The zero-order valence-corrected chi connectivity index (χ0v) is 16.0. The summed E-state index contributed by atoms with van der Waals surface area (Å²) in [5.41, 5.74) is 3.55. The molecule has 1 aliphatic heterocycles. The van der Waals surface area contributed by atoms with Gasteiger partial charge in [0.25, 0.3) is 11.8 Å². The van der Waals surface area contributed by atoms with E-state index in [0.717, 1.165) is 12.1 Å². The number of benzene rings is 1. The molecule has 1 aromatic carbocycles. The first-order chi connectivity index (χ1) is 13.5. The molecule has 0 spiro atoms. The monoisotopic (exact) mass is 416 g/mol. The Kier molecular flexibility index (Phi) is 7.20. The van der Waals surface area contributed by atoms with Gasteiger partial charge in [0.05, 0.1) is 17.9 Å². The van der Waals surface area contributed by atoms with Crippen LogP contribution in [0.25, 0.3) is 0 Å². The lowest BCUT2D eigenvalue weighted by Crippen LogP contribution is -2.50. The van der Waals surface area contributed by atoms with Crippen LogP contribution in [0.1, 0.15) is 19.4 Å². The number of halogens is 3. The summed E-state index contributed by atoms with van der Waals surface area (Å²) in [6.45, 7) is 4.03. The predicted molar refractivity (Wildman–Crippen MR) is 99.1 cm³/mol. The Hall–Kier alpha value is -2.66. The molecule has 1 fully saturated rings. The Morgan fingerprint density at radius 1 is 1.31 bits per heavy atom. The zero-order chi connectivity index (χ0) is 21.8. The Morgan fingerprint density at radius 2 is 2.00 bits per heavy atom. The molecule has 1 saturated heterocycles. The van der Waals surface area contributed by atoms with Crippen LogP contribution in [0.2, 0.25) is 0 Å². The molecule has 0 saturated carbocycles. The average molecular weight is 416 g/mol. The number of alkyl halides is 3. The number of carbonyl (C=O) groups excluding carboxylic acids is 3. The maximum atomic E-state index is 13.6. The summed E-state index contributed by atoms with van der Waals surface area (Å²) in [5.74, 6) is -2.39. The molecule has 1 aromatic rings. The maximum absolute atomic E-state index is 13.6. The highest BCUT2D eigenvalue weighted by Crippen LogP contribution is 2.37. The first-order valence-corrected chi connectivity index (χ1v) is 8.93. The van der Waals surface area contributed by atoms with E-state index < -0.39 is 41.2 Å². The van der Waals surface area contributed by atoms with E-state index in [-0.39, 0.29) is 37.9 Å². The molecule has 0 unspecified atom stereocenters. The van der Waals surface area contributed by atoms with Gasteiger partial charge in [-0.3, -0.25) is 19.7 Å². The third-order valence-corrected chi connectivity index (χ3v) is 4.14. The second-order valence-electron chi connectivity index (χ2n) is 6.95. The lowest BCUT2D eigenvalue weighted by molar-refractivity contribution is -0.137. The molecule has 0 radical (unpaired) electrons. The summed E-state index contributed by atoms with van der Waals surface area (Å²) in [7, 11) is 0. The van der Waals surface area contributed by atoms with Gasteiger partial charge in [0.15, 0.2) is 6.04 Å². The Labute approximate surface area is 165 Å². The zero-order valence-electron chi connectivity index (χ0n) is 16.0. The number of nitrogens with two attached hydrogens (primary N) is 1. The van der Waals surface area contributed by atoms with Gasteiger partial charge in [-0.25, -0.2) is 0 Å². The highest BCUT2D eigenvalue weighted by Gasteiger charge is 2.36. The van der Waals surface area contributed by atoms with Crippen molar-refractivity contribution in [3.63, 3.8) is 0 Å². The van der Waals surface area contributed by atoms with Crippen LogP contribution in [-0.2, 0) is 25.3 Å². The first kappa shape index (κ1) is 22.6. The van der Waals surface area contributed by atoms with E-state index in [4.69, 9.17) is 10.5 Å². The van der Waals surface area contributed by atoms with Crippen LogP contribution < -0.4 is 21.3 Å². The van der Waals surface area contributed by atoms with Crippen LogP contribution in [0.15, 0.2) is 18.2 Å². The minimum atomic E-state index is -4.80. The number of morpholine rings is 1. The van der Waals surface area contributed by atoms with E-state index >= 15 is 0 Å². The molecule has 0 bridgehead atoms. The van der Waals surface area contributed by atoms with Crippen molar-refractivity contribution >= 4 is 29.1 Å². The number of amides is 3. The topological polar surface area (TPSA) is 114 Å². The summed E-state index contributed by atoms with van der Waals surface area (Å²) < 4.78 is 45.7. The van der Waals surface area contributed by atoms with Crippen molar-refractivity contribution in [1.82, 2.24) is 5.32 Å². The standard InChI is InChI=1S/C18H23F3N4O4/c1-10(2)8-23-15(16(22)27)17(28)24-13-4-3-11(7-12(13)18(19,20)21)25-5-6-29-9-14(25)26/h3-4,7,10,15,23H,5-6,8-9H2,1-2H3,(H2,22,27)(H,24,28)/t15-/m1/s1. The molecule has 3 amide bonds. The summed E-state index contributed by atoms with van der Waals surface area (Å²) in [6, 6.07) is 1.62. The molecule has 1 heterocycles. The number of carbonyl (C=O) groups is 3. The molecule has 4 N–H and O–H groups in total. The van der Waals surface area contributed by atoms with Crippen molar-refractivity contribution in [1.29, 1.82) is 0 Å². The molecule has 1 aliphatic rings. The number of nitrogens with zero attached hydrogens (tertiary/aromatic N) is 1. The molecule has 1 atom stereocenters. The second-order valence-corrected chi connectivity index (χ2v) is 6.95. The van der Waals surface area contributed by atoms with Crippen LogP contribution in [-0.4, -0.2) is 50.1 Å². The van der Waals surface area contributed by atoms with Crippen molar-refractivity contribution in [3.05, 3.63) is 23.8 Å². The summed E-state index contributed by atoms with van der Waals surface area (Å²) >= 11 is 0. The van der Waals surface area contributed by atoms with Crippen molar-refractivity contribution in [2.24, 2.45) is 11.7 Å². The molecular weight excluding hydrogens is 393 g/mol. The minimum Gasteiger partial charge on any atom is -0.370 e. The van der Waals surface area contributed by atoms with E-state index in [0.29, 0.717) is 0 Å². The highest BCUT2D eigenvalue weighted by atomic mass is 19.4. The lowest BCUT2D eigenvalue weighted by atomic mass is 10.1. The van der Waals surface area contributed by atoms with Gasteiger partial charge in [-0.1, -0.05) is 13.8 Å². The SMILES string of the molecule is CC(C)CN[C@H](C(N)=O)C(=O)Nc1ccc(N2CCOCC2=O)cc1C(F)(F)F. The van der Waals surface area contributed by atoms with Gasteiger partial charge < -0.3 is 20.7 Å². The molecule has 11 heteroatoms. The largest absolute Gasteiger partial charge is 0.418 e. The molecule has 0 aromatic heterocycles. The fourth-order valence-electron chi connectivity index (χ4n) is 2.72. The van der Waals surface area contributed by atoms with Crippen LogP contribution in [0, 0.1) is 5.92 Å². The van der Waals surface area contributed by atoms with Crippen LogP contribution >= 0.6 is 0 Å². The van der Waals surface area contributed by atoms with Crippen molar-refractivity contribution in [3.8, 4) is 0 Å². The number of hydrogen-bond donors (Lipinski definition) is 3. The number of rotatable bonds is 7. The van der Waals surface area contributed by atoms with E-state index in [1.165, 1.54) is 11.0 Å². The number of anilines is 2. The average Bonchev–Trinajstić information content (AvgIpc) is 2.61. The molecule has 0 aliphatic carbocycles. The summed E-state index contributed by atoms with van der Waals surface area (Å²) in [4.78, 5) is 37.0. The van der Waals surface area contributed by atoms with Gasteiger partial charge in [-0.15, -0.1) is 0 Å². The number of primary amides is 1. The normalized spacial score (nSPS) is 16.1. The first-order valence-electron chi connectivity index (χ1n) is 8.93. The van der Waals surface area contributed by atoms with E-state index in [2.05, 4.69) is 10.6 Å². The quantitative estimate of drug-likeness (QED) is 0.576.